The molecule has 1 aliphatic carbocycles. The topological polar surface area (TPSA) is 15.3 Å². The first kappa shape index (κ1) is 13.4. The van der Waals surface area contributed by atoms with Gasteiger partial charge in [-0.3, -0.25) is 0 Å². The number of benzene rings is 1. The van der Waals surface area contributed by atoms with Crippen LogP contribution in [-0.2, 0) is 6.54 Å². The molecule has 1 fully saturated rings. The summed E-state index contributed by atoms with van der Waals surface area (Å²) in [4.78, 5) is 2.39. The Morgan fingerprint density at radius 1 is 1.33 bits per heavy atom. The van der Waals surface area contributed by atoms with E-state index in [0.717, 1.165) is 12.5 Å². The van der Waals surface area contributed by atoms with Crippen LogP contribution in [0.1, 0.15) is 37.8 Å². The Kier molecular flexibility index (Phi) is 4.28. The quantitative estimate of drug-likeness (QED) is 0.828. The molecule has 100 valence electrons. The number of hydrogen-bond donors (Lipinski definition) is 1. The maximum Gasteiger partial charge on any atom is 0.0366 e. The monoisotopic (exact) mass is 246 g/mol. The van der Waals surface area contributed by atoms with Gasteiger partial charge in [-0.25, -0.2) is 0 Å². The van der Waals surface area contributed by atoms with Crippen LogP contribution in [0.4, 0.5) is 5.69 Å². The summed E-state index contributed by atoms with van der Waals surface area (Å²) in [6, 6.07) is 7.39. The van der Waals surface area contributed by atoms with Gasteiger partial charge in [0.25, 0.3) is 0 Å². The smallest absolute Gasteiger partial charge is 0.0366 e. The molecule has 0 amide bonds. The van der Waals surface area contributed by atoms with Gasteiger partial charge in [0.05, 0.1) is 0 Å². The van der Waals surface area contributed by atoms with Crippen LogP contribution in [0, 0.1) is 12.8 Å². The Morgan fingerprint density at radius 3 is 2.61 bits per heavy atom. The Labute approximate surface area is 111 Å². The third-order valence-corrected chi connectivity index (χ3v) is 3.70. The van der Waals surface area contributed by atoms with Crippen LogP contribution in [0.25, 0.3) is 0 Å². The lowest BCUT2D eigenvalue weighted by atomic mass is 10.1. The molecule has 0 radical (unpaired) electrons. The van der Waals surface area contributed by atoms with E-state index >= 15 is 0 Å². The van der Waals surface area contributed by atoms with E-state index in [2.05, 4.69) is 56.2 Å². The lowest BCUT2D eigenvalue weighted by Gasteiger charge is -2.21. The highest BCUT2D eigenvalue weighted by Gasteiger charge is 2.23. The van der Waals surface area contributed by atoms with E-state index in [9.17, 15) is 0 Å². The summed E-state index contributed by atoms with van der Waals surface area (Å²) >= 11 is 0. The molecule has 0 aromatic heterocycles. The number of anilines is 1. The van der Waals surface area contributed by atoms with Crippen LogP contribution >= 0.6 is 0 Å². The van der Waals surface area contributed by atoms with Crippen molar-refractivity contribution < 1.29 is 0 Å². The Morgan fingerprint density at radius 2 is 2.06 bits per heavy atom. The van der Waals surface area contributed by atoms with Gasteiger partial charge < -0.3 is 10.2 Å². The normalized spacial score (nSPS) is 15.2. The summed E-state index contributed by atoms with van der Waals surface area (Å²) in [6.45, 7) is 8.77. The lowest BCUT2D eigenvalue weighted by molar-refractivity contribution is 0.587. The van der Waals surface area contributed by atoms with E-state index in [4.69, 9.17) is 0 Å². The minimum absolute atomic E-state index is 0.543. The van der Waals surface area contributed by atoms with Crippen LogP contribution < -0.4 is 10.2 Å². The van der Waals surface area contributed by atoms with Gasteiger partial charge in [-0.15, -0.1) is 0 Å². The molecule has 1 aromatic carbocycles. The third kappa shape index (κ3) is 3.74. The Balaban J connectivity index is 1.98. The highest BCUT2D eigenvalue weighted by Crippen LogP contribution is 2.31. The molecular formula is C16H26N2. The van der Waals surface area contributed by atoms with Crippen LogP contribution in [0.15, 0.2) is 18.2 Å². The van der Waals surface area contributed by atoms with E-state index in [-0.39, 0.29) is 0 Å². The zero-order valence-corrected chi connectivity index (χ0v) is 12.2. The van der Waals surface area contributed by atoms with Crippen LogP contribution in [0.2, 0.25) is 0 Å². The molecule has 2 nitrogen and oxygen atoms in total. The third-order valence-electron chi connectivity index (χ3n) is 3.70. The number of hydrogen-bond acceptors (Lipinski definition) is 2. The highest BCUT2D eigenvalue weighted by atomic mass is 15.1. The van der Waals surface area contributed by atoms with Crippen molar-refractivity contribution in [2.24, 2.45) is 5.92 Å². The van der Waals surface area contributed by atoms with E-state index in [0.29, 0.717) is 6.04 Å². The summed E-state index contributed by atoms with van der Waals surface area (Å²) in [6.07, 6.45) is 2.83. The summed E-state index contributed by atoms with van der Waals surface area (Å²) < 4.78 is 0. The second-order valence-corrected chi connectivity index (χ2v) is 5.97. The zero-order chi connectivity index (χ0) is 13.1. The predicted molar refractivity (Wildman–Crippen MR) is 79.1 cm³/mol. The molecule has 1 N–H and O–H groups in total. The van der Waals surface area contributed by atoms with Crippen LogP contribution in [0.3, 0.4) is 0 Å². The van der Waals surface area contributed by atoms with Gasteiger partial charge in [0.1, 0.15) is 0 Å². The first-order valence-corrected chi connectivity index (χ1v) is 7.10. The second kappa shape index (κ2) is 5.75. The predicted octanol–water partition coefficient (Wildman–Crippen LogP) is 3.34. The molecule has 0 saturated heterocycles. The molecule has 0 spiro atoms. The van der Waals surface area contributed by atoms with Gasteiger partial charge in [-0.05, 0) is 48.9 Å². The van der Waals surface area contributed by atoms with Crippen molar-refractivity contribution in [1.29, 1.82) is 0 Å². The van der Waals surface area contributed by atoms with Gasteiger partial charge in [0.15, 0.2) is 0 Å². The average molecular weight is 246 g/mol. The van der Waals surface area contributed by atoms with Gasteiger partial charge in [-0.2, -0.15) is 0 Å². The molecule has 0 bridgehead atoms. The zero-order valence-electron chi connectivity index (χ0n) is 12.2. The number of nitrogens with zero attached hydrogens (tertiary/aromatic N) is 1. The Hall–Kier alpha value is -1.02. The van der Waals surface area contributed by atoms with Gasteiger partial charge in [-0.1, -0.05) is 19.9 Å². The van der Waals surface area contributed by atoms with Crippen LogP contribution in [0.5, 0.6) is 0 Å². The number of nitrogens with one attached hydrogen (secondary N) is 1. The Bertz CT molecular complexity index is 394. The van der Waals surface area contributed by atoms with Crippen LogP contribution in [-0.4, -0.2) is 19.6 Å². The summed E-state index contributed by atoms with van der Waals surface area (Å²) in [5.41, 5.74) is 4.16. The standard InChI is InChI=1S/C16H26N2/c1-12(2)17-10-15-7-8-16(9-13(15)3)18(4)11-14-5-6-14/h7-9,12,14,17H,5-6,10-11H2,1-4H3. The molecule has 2 rings (SSSR count). The van der Waals surface area contributed by atoms with Crippen molar-refractivity contribution in [3.05, 3.63) is 29.3 Å². The second-order valence-electron chi connectivity index (χ2n) is 5.97. The summed E-state index contributed by atoms with van der Waals surface area (Å²) in [7, 11) is 2.21. The van der Waals surface area contributed by atoms with Crippen molar-refractivity contribution >= 4 is 5.69 Å². The molecular weight excluding hydrogens is 220 g/mol. The van der Waals surface area contributed by atoms with E-state index < -0.39 is 0 Å². The van der Waals surface area contributed by atoms with E-state index in [1.165, 1.54) is 36.2 Å². The molecule has 2 heteroatoms. The fourth-order valence-corrected chi connectivity index (χ4v) is 2.22. The fourth-order valence-electron chi connectivity index (χ4n) is 2.22. The molecule has 0 heterocycles. The van der Waals surface area contributed by atoms with Gasteiger partial charge in [0, 0.05) is 31.9 Å². The van der Waals surface area contributed by atoms with E-state index in [1.807, 2.05) is 0 Å². The first-order chi connectivity index (χ1) is 8.56. The molecule has 18 heavy (non-hydrogen) atoms. The molecule has 0 aliphatic heterocycles. The van der Waals surface area contributed by atoms with Crippen molar-refractivity contribution in [1.82, 2.24) is 5.32 Å². The van der Waals surface area contributed by atoms with Gasteiger partial charge in [0.2, 0.25) is 0 Å². The maximum atomic E-state index is 3.48. The molecule has 1 aromatic rings. The number of aryl methyl sites for hydroxylation is 1. The van der Waals surface area contributed by atoms with Crippen molar-refractivity contribution in [3.63, 3.8) is 0 Å². The average Bonchev–Trinajstić information content (AvgIpc) is 3.11. The van der Waals surface area contributed by atoms with Crippen molar-refractivity contribution in [2.75, 3.05) is 18.5 Å². The first-order valence-electron chi connectivity index (χ1n) is 7.10. The fraction of sp³-hybridized carbons (Fsp3) is 0.625. The molecule has 1 saturated carbocycles. The summed E-state index contributed by atoms with van der Waals surface area (Å²) in [5, 5.41) is 3.48. The van der Waals surface area contributed by atoms with Gasteiger partial charge >= 0.3 is 0 Å². The van der Waals surface area contributed by atoms with Crippen molar-refractivity contribution in [2.45, 2.75) is 46.2 Å². The SMILES string of the molecule is Cc1cc(N(C)CC2CC2)ccc1CNC(C)C. The molecule has 0 unspecified atom stereocenters. The van der Waals surface area contributed by atoms with E-state index in [1.54, 1.807) is 0 Å². The minimum atomic E-state index is 0.543. The number of rotatable bonds is 6. The molecule has 1 aliphatic rings. The largest absolute Gasteiger partial charge is 0.374 e. The highest BCUT2D eigenvalue weighted by molar-refractivity contribution is 5.50. The minimum Gasteiger partial charge on any atom is -0.374 e. The van der Waals surface area contributed by atoms with Crippen molar-refractivity contribution in [3.8, 4) is 0 Å². The maximum absolute atomic E-state index is 3.48. The lowest BCUT2D eigenvalue weighted by Crippen LogP contribution is -2.23. The summed E-state index contributed by atoms with van der Waals surface area (Å²) in [5.74, 6) is 0.942. The molecule has 0 atom stereocenters.